The van der Waals surface area contributed by atoms with E-state index in [2.05, 4.69) is 41.6 Å². The van der Waals surface area contributed by atoms with Crippen LogP contribution in [0.3, 0.4) is 0 Å². The van der Waals surface area contributed by atoms with Gasteiger partial charge in [0.15, 0.2) is 0 Å². The number of halogens is 1. The molecule has 1 amide bonds. The highest BCUT2D eigenvalue weighted by atomic mass is 19.1. The van der Waals surface area contributed by atoms with E-state index < -0.39 is 0 Å². The molecule has 0 unspecified atom stereocenters. The Morgan fingerprint density at radius 2 is 1.78 bits per heavy atom. The number of aromatic nitrogens is 1. The van der Waals surface area contributed by atoms with Gasteiger partial charge in [-0.25, -0.2) is 4.39 Å². The summed E-state index contributed by atoms with van der Waals surface area (Å²) in [5, 5.41) is 5.97. The summed E-state index contributed by atoms with van der Waals surface area (Å²) in [6.07, 6.45) is 3.15. The molecule has 3 rings (SSSR count). The van der Waals surface area contributed by atoms with Crippen molar-refractivity contribution in [3.63, 3.8) is 0 Å². The number of carbonyl (C=O) groups is 1. The largest absolute Gasteiger partial charge is 0.354 e. The second kappa shape index (κ2) is 8.45. The van der Waals surface area contributed by atoms with Gasteiger partial charge in [-0.05, 0) is 35.7 Å². The van der Waals surface area contributed by atoms with Crippen molar-refractivity contribution in [3.05, 3.63) is 89.5 Å². The van der Waals surface area contributed by atoms with Crippen molar-refractivity contribution >= 4 is 17.3 Å². The maximum Gasteiger partial charge on any atom is 0.253 e. The molecule has 0 aliphatic heterocycles. The van der Waals surface area contributed by atoms with Crippen LogP contribution in [0.2, 0.25) is 0 Å². The van der Waals surface area contributed by atoms with Crippen molar-refractivity contribution in [2.45, 2.75) is 26.3 Å². The lowest BCUT2D eigenvalue weighted by Gasteiger charge is -2.10. The molecule has 138 valence electrons. The minimum Gasteiger partial charge on any atom is -0.354 e. The lowest BCUT2D eigenvalue weighted by molar-refractivity contribution is 0.0950. The van der Waals surface area contributed by atoms with Crippen molar-refractivity contribution in [2.75, 3.05) is 5.32 Å². The number of rotatable bonds is 6. The molecule has 0 spiro atoms. The van der Waals surface area contributed by atoms with Crippen LogP contribution in [0.5, 0.6) is 0 Å². The average molecular weight is 363 g/mol. The van der Waals surface area contributed by atoms with Crippen LogP contribution >= 0.6 is 0 Å². The van der Waals surface area contributed by atoms with E-state index in [1.165, 1.54) is 17.8 Å². The first kappa shape index (κ1) is 18.6. The van der Waals surface area contributed by atoms with Gasteiger partial charge in [-0.1, -0.05) is 44.2 Å². The van der Waals surface area contributed by atoms with Crippen LogP contribution in [-0.4, -0.2) is 10.9 Å². The fourth-order valence-corrected chi connectivity index (χ4v) is 2.67. The van der Waals surface area contributed by atoms with Gasteiger partial charge >= 0.3 is 0 Å². The van der Waals surface area contributed by atoms with Crippen LogP contribution in [0.1, 0.15) is 41.3 Å². The number of pyridine rings is 1. The molecule has 0 bridgehead atoms. The summed E-state index contributed by atoms with van der Waals surface area (Å²) in [6.45, 7) is 4.42. The van der Waals surface area contributed by atoms with E-state index in [0.29, 0.717) is 22.7 Å². The van der Waals surface area contributed by atoms with E-state index in [4.69, 9.17) is 0 Å². The predicted molar refractivity (Wildman–Crippen MR) is 106 cm³/mol. The van der Waals surface area contributed by atoms with Crippen molar-refractivity contribution < 1.29 is 9.18 Å². The van der Waals surface area contributed by atoms with Crippen LogP contribution in [-0.2, 0) is 6.54 Å². The van der Waals surface area contributed by atoms with E-state index in [9.17, 15) is 9.18 Å². The van der Waals surface area contributed by atoms with Gasteiger partial charge in [0, 0.05) is 24.0 Å². The number of hydrogen-bond donors (Lipinski definition) is 2. The third-order valence-electron chi connectivity index (χ3n) is 4.26. The molecule has 2 aromatic carbocycles. The molecule has 5 heteroatoms. The molecule has 1 heterocycles. The number of benzene rings is 2. The van der Waals surface area contributed by atoms with Gasteiger partial charge in [0.05, 0.1) is 17.4 Å². The number of carbonyl (C=O) groups excluding carboxylic acids is 1. The molecule has 0 aliphatic rings. The van der Waals surface area contributed by atoms with Gasteiger partial charge in [-0.15, -0.1) is 0 Å². The molecule has 0 saturated heterocycles. The smallest absolute Gasteiger partial charge is 0.253 e. The van der Waals surface area contributed by atoms with E-state index in [1.807, 2.05) is 12.1 Å². The Hall–Kier alpha value is -3.21. The summed E-state index contributed by atoms with van der Waals surface area (Å²) >= 11 is 0. The first-order valence-electron chi connectivity index (χ1n) is 8.86. The number of nitrogens with zero attached hydrogens (tertiary/aromatic N) is 1. The van der Waals surface area contributed by atoms with Gasteiger partial charge in [-0.2, -0.15) is 0 Å². The third-order valence-corrected chi connectivity index (χ3v) is 4.26. The van der Waals surface area contributed by atoms with E-state index in [1.54, 1.807) is 30.5 Å². The minimum absolute atomic E-state index is 0.125. The molecule has 27 heavy (non-hydrogen) atoms. The van der Waals surface area contributed by atoms with Gasteiger partial charge in [0.2, 0.25) is 0 Å². The maximum absolute atomic E-state index is 13.7. The van der Waals surface area contributed by atoms with Crippen LogP contribution < -0.4 is 10.6 Å². The molecule has 1 aromatic heterocycles. The highest BCUT2D eigenvalue weighted by Gasteiger charge is 2.09. The molecular weight excluding hydrogens is 341 g/mol. The third kappa shape index (κ3) is 4.91. The zero-order chi connectivity index (χ0) is 19.2. The highest BCUT2D eigenvalue weighted by molar-refractivity contribution is 5.94. The van der Waals surface area contributed by atoms with Gasteiger partial charge in [0.25, 0.3) is 5.91 Å². The fraction of sp³-hybridized carbons (Fsp3) is 0.182. The normalized spacial score (nSPS) is 10.7. The summed E-state index contributed by atoms with van der Waals surface area (Å²) in [6, 6.07) is 16.2. The van der Waals surface area contributed by atoms with Crippen molar-refractivity contribution in [2.24, 2.45) is 0 Å². The van der Waals surface area contributed by atoms with Crippen LogP contribution in [0.25, 0.3) is 0 Å². The van der Waals surface area contributed by atoms with E-state index >= 15 is 0 Å². The Kier molecular flexibility index (Phi) is 5.81. The minimum atomic E-state index is -0.337. The lowest BCUT2D eigenvalue weighted by atomic mass is 10.0. The second-order valence-corrected chi connectivity index (χ2v) is 6.64. The Bertz CT molecular complexity index is 923. The van der Waals surface area contributed by atoms with Crippen LogP contribution in [0, 0.1) is 5.82 Å². The van der Waals surface area contributed by atoms with Gasteiger partial charge < -0.3 is 10.6 Å². The Balaban J connectivity index is 1.65. The van der Waals surface area contributed by atoms with Gasteiger partial charge in [0.1, 0.15) is 5.82 Å². The summed E-state index contributed by atoms with van der Waals surface area (Å²) in [5.74, 6) is -0.164. The summed E-state index contributed by atoms with van der Waals surface area (Å²) in [5.41, 5.74) is 3.75. The van der Waals surface area contributed by atoms with Crippen LogP contribution in [0.15, 0.2) is 67.0 Å². The summed E-state index contributed by atoms with van der Waals surface area (Å²) < 4.78 is 13.7. The Morgan fingerprint density at radius 1 is 1.04 bits per heavy atom. The number of amides is 1. The molecule has 0 radical (unpaired) electrons. The predicted octanol–water partition coefficient (Wildman–Crippen LogP) is 5.02. The Morgan fingerprint density at radius 3 is 2.48 bits per heavy atom. The fourth-order valence-electron chi connectivity index (χ4n) is 2.67. The first-order chi connectivity index (χ1) is 13.0. The average Bonchev–Trinajstić information content (AvgIpc) is 2.68. The molecule has 4 nitrogen and oxygen atoms in total. The molecule has 2 N–H and O–H groups in total. The van der Waals surface area contributed by atoms with Crippen molar-refractivity contribution in [3.8, 4) is 0 Å². The topological polar surface area (TPSA) is 54.0 Å². The highest BCUT2D eigenvalue weighted by Crippen LogP contribution is 2.20. The number of anilines is 2. The molecular formula is C22H22FN3O. The standard InChI is InChI=1S/C22H22FN3O/c1-15(2)16-7-9-19(10-8-16)26-20-11-18(12-24-14-20)22(27)25-13-17-5-3-4-6-21(17)23/h3-12,14-15,26H,13H2,1-2H3,(H,25,27). The maximum atomic E-state index is 13.7. The summed E-state index contributed by atoms with van der Waals surface area (Å²) in [7, 11) is 0. The monoisotopic (exact) mass is 363 g/mol. The van der Waals surface area contributed by atoms with Crippen molar-refractivity contribution in [1.82, 2.24) is 10.3 Å². The zero-order valence-corrected chi connectivity index (χ0v) is 15.4. The first-order valence-corrected chi connectivity index (χ1v) is 8.86. The second-order valence-electron chi connectivity index (χ2n) is 6.64. The van der Waals surface area contributed by atoms with Crippen LogP contribution in [0.4, 0.5) is 15.8 Å². The molecule has 0 atom stereocenters. The van der Waals surface area contributed by atoms with E-state index in [-0.39, 0.29) is 18.3 Å². The zero-order valence-electron chi connectivity index (χ0n) is 15.4. The molecule has 0 saturated carbocycles. The SMILES string of the molecule is CC(C)c1ccc(Nc2cncc(C(=O)NCc3ccccc3F)c2)cc1. The number of nitrogens with one attached hydrogen (secondary N) is 2. The van der Waals surface area contributed by atoms with E-state index in [0.717, 1.165) is 5.69 Å². The quantitative estimate of drug-likeness (QED) is 0.647. The Labute approximate surface area is 158 Å². The van der Waals surface area contributed by atoms with Crippen molar-refractivity contribution in [1.29, 1.82) is 0 Å². The molecule has 0 fully saturated rings. The molecule has 3 aromatic rings. The molecule has 0 aliphatic carbocycles. The van der Waals surface area contributed by atoms with Gasteiger partial charge in [-0.3, -0.25) is 9.78 Å². The number of hydrogen-bond acceptors (Lipinski definition) is 3. The summed E-state index contributed by atoms with van der Waals surface area (Å²) in [4.78, 5) is 16.5. The lowest BCUT2D eigenvalue weighted by Crippen LogP contribution is -2.23.